The molecule has 7 nitrogen and oxygen atoms in total. The van der Waals surface area contributed by atoms with E-state index in [4.69, 9.17) is 4.74 Å². The number of carbonyl (C=O) groups is 3. The van der Waals surface area contributed by atoms with E-state index in [1.54, 1.807) is 11.8 Å². The topological polar surface area (TPSA) is 79.0 Å². The minimum Gasteiger partial charge on any atom is -0.380 e. The van der Waals surface area contributed by atoms with E-state index in [1.165, 1.54) is 0 Å². The number of benzene rings is 1. The number of rotatable bonds is 7. The first kappa shape index (κ1) is 20.3. The first-order valence-electron chi connectivity index (χ1n) is 10.1. The van der Waals surface area contributed by atoms with Crippen molar-refractivity contribution >= 4 is 17.7 Å². The number of amides is 3. The summed E-state index contributed by atoms with van der Waals surface area (Å²) in [7, 11) is 0. The molecule has 0 spiro atoms. The molecule has 1 N–H and O–H groups in total. The Bertz CT molecular complexity index is 709. The number of nitrogens with zero attached hydrogens (tertiary/aromatic N) is 2. The fourth-order valence-electron chi connectivity index (χ4n) is 4.27. The lowest BCUT2D eigenvalue weighted by molar-refractivity contribution is -0.149. The van der Waals surface area contributed by atoms with Gasteiger partial charge < -0.3 is 19.9 Å². The van der Waals surface area contributed by atoms with Crippen LogP contribution in [0.15, 0.2) is 30.3 Å². The van der Waals surface area contributed by atoms with Gasteiger partial charge in [0, 0.05) is 26.1 Å². The van der Waals surface area contributed by atoms with Gasteiger partial charge in [-0.05, 0) is 18.9 Å². The summed E-state index contributed by atoms with van der Waals surface area (Å²) in [5.74, 6) is -0.510. The molecule has 3 amide bonds. The summed E-state index contributed by atoms with van der Waals surface area (Å²) in [6.07, 6.45) is 0.933. The molecule has 3 rings (SSSR count). The van der Waals surface area contributed by atoms with Gasteiger partial charge in [-0.25, -0.2) is 0 Å². The Morgan fingerprint density at radius 1 is 1.21 bits per heavy atom. The monoisotopic (exact) mass is 387 g/mol. The maximum absolute atomic E-state index is 12.9. The minimum atomic E-state index is -0.338. The first-order chi connectivity index (χ1) is 13.6. The highest BCUT2D eigenvalue weighted by Gasteiger charge is 2.50. The Kier molecular flexibility index (Phi) is 6.67. The van der Waals surface area contributed by atoms with E-state index in [2.05, 4.69) is 5.32 Å². The van der Waals surface area contributed by atoms with Gasteiger partial charge in [0.25, 0.3) is 0 Å². The quantitative estimate of drug-likeness (QED) is 0.717. The maximum atomic E-state index is 12.9. The molecule has 3 atom stereocenters. The van der Waals surface area contributed by atoms with Crippen LogP contribution in [-0.4, -0.2) is 66.4 Å². The van der Waals surface area contributed by atoms with Crippen molar-refractivity contribution in [2.24, 2.45) is 5.92 Å². The zero-order chi connectivity index (χ0) is 20.1. The number of hydrogen-bond donors (Lipinski definition) is 1. The fourth-order valence-corrected chi connectivity index (χ4v) is 4.27. The third kappa shape index (κ3) is 4.19. The third-order valence-corrected chi connectivity index (χ3v) is 5.53. The predicted octanol–water partition coefficient (Wildman–Crippen LogP) is 1.35. The number of hydrogen-bond acceptors (Lipinski definition) is 4. The highest BCUT2D eigenvalue weighted by molar-refractivity contribution is 5.88. The van der Waals surface area contributed by atoms with E-state index in [9.17, 15) is 14.4 Å². The second kappa shape index (κ2) is 9.19. The van der Waals surface area contributed by atoms with Gasteiger partial charge in [-0.3, -0.25) is 14.4 Å². The van der Waals surface area contributed by atoms with Gasteiger partial charge in [0.2, 0.25) is 17.7 Å². The lowest BCUT2D eigenvalue weighted by Crippen LogP contribution is -2.55. The summed E-state index contributed by atoms with van der Waals surface area (Å²) < 4.78 is 5.30. The molecule has 2 aliphatic heterocycles. The van der Waals surface area contributed by atoms with Crippen molar-refractivity contribution in [1.82, 2.24) is 15.1 Å². The number of piperazine rings is 1. The van der Waals surface area contributed by atoms with Crippen LogP contribution >= 0.6 is 0 Å². The summed E-state index contributed by atoms with van der Waals surface area (Å²) in [4.78, 5) is 41.5. The van der Waals surface area contributed by atoms with Crippen molar-refractivity contribution in [3.63, 3.8) is 0 Å². The molecule has 0 aliphatic carbocycles. The maximum Gasteiger partial charge on any atom is 0.243 e. The van der Waals surface area contributed by atoms with Gasteiger partial charge in [0.05, 0.1) is 31.2 Å². The second-order valence-electron chi connectivity index (χ2n) is 7.27. The molecule has 0 aromatic heterocycles. The molecule has 2 fully saturated rings. The fraction of sp³-hybridized carbons (Fsp3) is 0.571. The minimum absolute atomic E-state index is 0.0196. The van der Waals surface area contributed by atoms with Crippen LogP contribution in [-0.2, 0) is 19.1 Å². The average Bonchev–Trinajstić information content (AvgIpc) is 3.11. The Labute approximate surface area is 166 Å². The van der Waals surface area contributed by atoms with Crippen molar-refractivity contribution in [3.05, 3.63) is 35.9 Å². The van der Waals surface area contributed by atoms with Crippen molar-refractivity contribution < 1.29 is 19.1 Å². The molecule has 0 unspecified atom stereocenters. The largest absolute Gasteiger partial charge is 0.380 e. The highest BCUT2D eigenvalue weighted by atomic mass is 16.5. The van der Waals surface area contributed by atoms with Crippen molar-refractivity contribution in [2.45, 2.75) is 38.8 Å². The standard InChI is InChI=1S/C21H29N3O4/c1-3-18(25)23-13-16-12-17(21(27)22-10-11-28-4-2)20(24(16)19(26)14-23)15-8-6-5-7-9-15/h5-9,16-17,20H,3-4,10-14H2,1-2H3,(H,22,27)/t16-,17-,20-/m0/s1. The highest BCUT2D eigenvalue weighted by Crippen LogP contribution is 2.43. The summed E-state index contributed by atoms with van der Waals surface area (Å²) in [5.41, 5.74) is 0.957. The average molecular weight is 387 g/mol. The van der Waals surface area contributed by atoms with Gasteiger partial charge in [0.15, 0.2) is 0 Å². The third-order valence-electron chi connectivity index (χ3n) is 5.53. The van der Waals surface area contributed by atoms with E-state index in [-0.39, 0.29) is 42.3 Å². The SMILES string of the molecule is CCOCCNC(=O)[C@H]1C[C@H]2CN(C(=O)CC)CC(=O)N2[C@H]1c1ccccc1. The molecule has 0 saturated carbocycles. The van der Waals surface area contributed by atoms with Gasteiger partial charge in [0.1, 0.15) is 0 Å². The van der Waals surface area contributed by atoms with E-state index < -0.39 is 0 Å². The predicted molar refractivity (Wildman–Crippen MR) is 104 cm³/mol. The summed E-state index contributed by atoms with van der Waals surface area (Å²) in [5, 5.41) is 2.95. The molecule has 1 aromatic carbocycles. The number of fused-ring (bicyclic) bond motifs is 1. The van der Waals surface area contributed by atoms with Crippen molar-refractivity contribution in [1.29, 1.82) is 0 Å². The van der Waals surface area contributed by atoms with Crippen LogP contribution in [0.2, 0.25) is 0 Å². The van der Waals surface area contributed by atoms with Crippen LogP contribution < -0.4 is 5.32 Å². The molecule has 0 bridgehead atoms. The molecule has 7 heteroatoms. The summed E-state index contributed by atoms with van der Waals surface area (Å²) in [6.45, 7) is 5.82. The van der Waals surface area contributed by atoms with Crippen LogP contribution in [0.3, 0.4) is 0 Å². The Balaban J connectivity index is 1.82. The van der Waals surface area contributed by atoms with E-state index in [0.717, 1.165) is 5.56 Å². The van der Waals surface area contributed by atoms with E-state index >= 15 is 0 Å². The van der Waals surface area contributed by atoms with Gasteiger partial charge >= 0.3 is 0 Å². The number of ether oxygens (including phenoxy) is 1. The van der Waals surface area contributed by atoms with Crippen LogP contribution in [0, 0.1) is 5.92 Å². The molecule has 2 saturated heterocycles. The van der Waals surface area contributed by atoms with Gasteiger partial charge in [-0.15, -0.1) is 0 Å². The number of carbonyl (C=O) groups excluding carboxylic acids is 3. The zero-order valence-electron chi connectivity index (χ0n) is 16.6. The van der Waals surface area contributed by atoms with Crippen LogP contribution in [0.25, 0.3) is 0 Å². The molecule has 152 valence electrons. The molecule has 28 heavy (non-hydrogen) atoms. The Hall–Kier alpha value is -2.41. The van der Waals surface area contributed by atoms with Crippen LogP contribution in [0.4, 0.5) is 0 Å². The van der Waals surface area contributed by atoms with E-state index in [0.29, 0.717) is 39.1 Å². The second-order valence-corrected chi connectivity index (χ2v) is 7.27. The number of nitrogens with one attached hydrogen (secondary N) is 1. The first-order valence-corrected chi connectivity index (χ1v) is 10.1. The Morgan fingerprint density at radius 2 is 1.96 bits per heavy atom. The molecular formula is C21H29N3O4. The lowest BCUT2D eigenvalue weighted by atomic mass is 9.92. The normalized spacial score (nSPS) is 24.2. The molecular weight excluding hydrogens is 358 g/mol. The molecule has 1 aromatic rings. The summed E-state index contributed by atoms with van der Waals surface area (Å²) >= 11 is 0. The smallest absolute Gasteiger partial charge is 0.243 e. The van der Waals surface area contributed by atoms with Gasteiger partial charge in [-0.2, -0.15) is 0 Å². The Morgan fingerprint density at radius 3 is 2.64 bits per heavy atom. The lowest BCUT2D eigenvalue weighted by Gasteiger charge is -2.40. The van der Waals surface area contributed by atoms with E-state index in [1.807, 2.05) is 42.2 Å². The van der Waals surface area contributed by atoms with Crippen LogP contribution in [0.1, 0.15) is 38.3 Å². The van der Waals surface area contributed by atoms with Crippen molar-refractivity contribution in [2.75, 3.05) is 32.8 Å². The zero-order valence-corrected chi connectivity index (χ0v) is 16.6. The van der Waals surface area contributed by atoms with Crippen molar-refractivity contribution in [3.8, 4) is 0 Å². The van der Waals surface area contributed by atoms with Gasteiger partial charge in [-0.1, -0.05) is 37.3 Å². The molecule has 0 radical (unpaired) electrons. The summed E-state index contributed by atoms with van der Waals surface area (Å²) in [6, 6.07) is 9.26. The van der Waals surface area contributed by atoms with Crippen LogP contribution in [0.5, 0.6) is 0 Å². The molecule has 2 aliphatic rings. The molecule has 2 heterocycles.